The number of carboxylic acids is 1. The standard InChI is InChI=1S/C11H10BrNO4/c1-16-7-4-8(17-2)10-5(9(7)12)3-6(13-10)11(14)15/h3-4,13H,1-2H3,(H,14,15). The first-order valence-corrected chi connectivity index (χ1v) is 5.54. The summed E-state index contributed by atoms with van der Waals surface area (Å²) in [5, 5.41) is 9.66. The van der Waals surface area contributed by atoms with Gasteiger partial charge in [0, 0.05) is 11.5 Å². The van der Waals surface area contributed by atoms with E-state index in [9.17, 15) is 4.79 Å². The van der Waals surface area contributed by atoms with Crippen LogP contribution in [0.25, 0.3) is 10.9 Å². The Kier molecular flexibility index (Phi) is 2.97. The summed E-state index contributed by atoms with van der Waals surface area (Å²) in [6.45, 7) is 0. The minimum atomic E-state index is -1.02. The van der Waals surface area contributed by atoms with Crippen molar-refractivity contribution in [3.8, 4) is 11.5 Å². The Bertz CT molecular complexity index is 591. The number of aromatic amines is 1. The Balaban J connectivity index is 2.80. The monoisotopic (exact) mass is 299 g/mol. The van der Waals surface area contributed by atoms with Gasteiger partial charge in [-0.05, 0) is 22.0 Å². The number of nitrogens with one attached hydrogen (secondary N) is 1. The van der Waals surface area contributed by atoms with Crippen LogP contribution in [0.5, 0.6) is 11.5 Å². The molecule has 0 aliphatic carbocycles. The summed E-state index contributed by atoms with van der Waals surface area (Å²) in [5.74, 6) is 0.104. The molecule has 0 radical (unpaired) electrons. The van der Waals surface area contributed by atoms with Crippen LogP contribution in [0.3, 0.4) is 0 Å². The summed E-state index contributed by atoms with van der Waals surface area (Å²) in [5.41, 5.74) is 0.727. The predicted molar refractivity (Wildman–Crippen MR) is 66.1 cm³/mol. The SMILES string of the molecule is COc1cc(OC)c2[nH]c(C(=O)O)cc2c1Br. The molecular weight excluding hydrogens is 290 g/mol. The first-order chi connectivity index (χ1) is 8.08. The number of carbonyl (C=O) groups is 1. The van der Waals surface area contributed by atoms with Gasteiger partial charge in [0.1, 0.15) is 17.2 Å². The zero-order chi connectivity index (χ0) is 12.6. The summed E-state index contributed by atoms with van der Waals surface area (Å²) in [7, 11) is 3.06. The summed E-state index contributed by atoms with van der Waals surface area (Å²) in [6.07, 6.45) is 0. The van der Waals surface area contributed by atoms with Crippen molar-refractivity contribution in [2.75, 3.05) is 14.2 Å². The maximum Gasteiger partial charge on any atom is 0.352 e. The Labute approximate surface area is 105 Å². The van der Waals surface area contributed by atoms with E-state index in [1.165, 1.54) is 20.3 Å². The molecule has 0 unspecified atom stereocenters. The maximum absolute atomic E-state index is 10.9. The first kappa shape index (κ1) is 11.8. The van der Waals surface area contributed by atoms with Crippen molar-refractivity contribution < 1.29 is 19.4 Å². The number of methoxy groups -OCH3 is 2. The number of fused-ring (bicyclic) bond motifs is 1. The van der Waals surface area contributed by atoms with E-state index in [2.05, 4.69) is 20.9 Å². The number of ether oxygens (including phenoxy) is 2. The number of benzene rings is 1. The zero-order valence-corrected chi connectivity index (χ0v) is 10.8. The van der Waals surface area contributed by atoms with Gasteiger partial charge in [0.05, 0.1) is 24.2 Å². The van der Waals surface area contributed by atoms with Gasteiger partial charge in [-0.3, -0.25) is 0 Å². The molecule has 1 aromatic carbocycles. The van der Waals surface area contributed by atoms with Crippen molar-refractivity contribution >= 4 is 32.8 Å². The number of halogens is 1. The Morgan fingerprint density at radius 3 is 2.47 bits per heavy atom. The molecule has 6 heteroatoms. The molecule has 0 fully saturated rings. The van der Waals surface area contributed by atoms with Gasteiger partial charge in [-0.2, -0.15) is 0 Å². The molecule has 0 bridgehead atoms. The minimum absolute atomic E-state index is 0.104. The van der Waals surface area contributed by atoms with Gasteiger partial charge in [0.25, 0.3) is 0 Å². The van der Waals surface area contributed by atoms with Crippen LogP contribution in [-0.4, -0.2) is 30.3 Å². The molecule has 2 N–H and O–H groups in total. The lowest BCUT2D eigenvalue weighted by atomic mass is 10.2. The molecule has 2 rings (SSSR count). The van der Waals surface area contributed by atoms with Crippen molar-refractivity contribution in [1.29, 1.82) is 0 Å². The minimum Gasteiger partial charge on any atom is -0.495 e. The molecular formula is C11H10BrNO4. The zero-order valence-electron chi connectivity index (χ0n) is 9.20. The van der Waals surface area contributed by atoms with Gasteiger partial charge < -0.3 is 19.6 Å². The van der Waals surface area contributed by atoms with Gasteiger partial charge in [-0.1, -0.05) is 0 Å². The van der Waals surface area contributed by atoms with Crippen LogP contribution >= 0.6 is 15.9 Å². The van der Waals surface area contributed by atoms with E-state index in [0.717, 1.165) is 0 Å². The average molecular weight is 300 g/mol. The summed E-state index contributed by atoms with van der Waals surface area (Å²) in [6, 6.07) is 3.22. The van der Waals surface area contributed by atoms with Crippen molar-refractivity contribution in [3.05, 3.63) is 22.3 Å². The predicted octanol–water partition coefficient (Wildman–Crippen LogP) is 2.65. The third-order valence-corrected chi connectivity index (χ3v) is 3.27. The lowest BCUT2D eigenvalue weighted by Gasteiger charge is -2.08. The van der Waals surface area contributed by atoms with E-state index in [1.807, 2.05) is 0 Å². The van der Waals surface area contributed by atoms with Gasteiger partial charge in [0.15, 0.2) is 0 Å². The number of aromatic nitrogens is 1. The normalized spacial score (nSPS) is 10.5. The molecule has 0 aliphatic heterocycles. The van der Waals surface area contributed by atoms with Crippen LogP contribution in [0, 0.1) is 0 Å². The highest BCUT2D eigenvalue weighted by Gasteiger charge is 2.16. The van der Waals surface area contributed by atoms with Crippen LogP contribution in [-0.2, 0) is 0 Å². The van der Waals surface area contributed by atoms with E-state index in [4.69, 9.17) is 14.6 Å². The molecule has 17 heavy (non-hydrogen) atoms. The van der Waals surface area contributed by atoms with Crippen LogP contribution < -0.4 is 9.47 Å². The van der Waals surface area contributed by atoms with E-state index >= 15 is 0 Å². The molecule has 0 atom stereocenters. The fraction of sp³-hybridized carbons (Fsp3) is 0.182. The average Bonchev–Trinajstić information content (AvgIpc) is 2.75. The highest BCUT2D eigenvalue weighted by Crippen LogP contribution is 2.39. The third kappa shape index (κ3) is 1.84. The molecule has 0 saturated heterocycles. The number of carboxylic acid groups (broad SMARTS) is 1. The molecule has 2 aromatic rings. The fourth-order valence-corrected chi connectivity index (χ4v) is 2.22. The quantitative estimate of drug-likeness (QED) is 0.914. The number of H-pyrrole nitrogens is 1. The van der Waals surface area contributed by atoms with Crippen molar-refractivity contribution in [2.24, 2.45) is 0 Å². The largest absolute Gasteiger partial charge is 0.495 e. The van der Waals surface area contributed by atoms with Crippen LogP contribution in [0.1, 0.15) is 10.5 Å². The second-order valence-electron chi connectivity index (χ2n) is 3.37. The van der Waals surface area contributed by atoms with Gasteiger partial charge in [-0.15, -0.1) is 0 Å². The van der Waals surface area contributed by atoms with E-state index in [1.54, 1.807) is 6.07 Å². The molecule has 0 spiro atoms. The molecule has 90 valence electrons. The smallest absolute Gasteiger partial charge is 0.352 e. The molecule has 1 heterocycles. The van der Waals surface area contributed by atoms with Gasteiger partial charge >= 0.3 is 5.97 Å². The van der Waals surface area contributed by atoms with Gasteiger partial charge in [-0.25, -0.2) is 4.79 Å². The lowest BCUT2D eigenvalue weighted by Crippen LogP contribution is -1.95. The van der Waals surface area contributed by atoms with E-state index in [-0.39, 0.29) is 5.69 Å². The highest BCUT2D eigenvalue weighted by molar-refractivity contribution is 9.10. The van der Waals surface area contributed by atoms with Crippen LogP contribution in [0.4, 0.5) is 0 Å². The molecule has 0 aliphatic rings. The van der Waals surface area contributed by atoms with Crippen molar-refractivity contribution in [1.82, 2.24) is 4.98 Å². The van der Waals surface area contributed by atoms with E-state index in [0.29, 0.717) is 26.9 Å². The van der Waals surface area contributed by atoms with E-state index < -0.39 is 5.97 Å². The summed E-state index contributed by atoms with van der Waals surface area (Å²) >= 11 is 3.37. The number of hydrogen-bond acceptors (Lipinski definition) is 3. The first-order valence-electron chi connectivity index (χ1n) is 4.75. The third-order valence-electron chi connectivity index (χ3n) is 2.45. The molecule has 5 nitrogen and oxygen atoms in total. The Morgan fingerprint density at radius 2 is 1.94 bits per heavy atom. The second kappa shape index (κ2) is 4.29. The van der Waals surface area contributed by atoms with Crippen LogP contribution in [0.2, 0.25) is 0 Å². The molecule has 1 aromatic heterocycles. The number of hydrogen-bond donors (Lipinski definition) is 2. The van der Waals surface area contributed by atoms with Crippen molar-refractivity contribution in [2.45, 2.75) is 0 Å². The Hall–Kier alpha value is -1.69. The topological polar surface area (TPSA) is 71.5 Å². The summed E-state index contributed by atoms with van der Waals surface area (Å²) < 4.78 is 11.1. The number of rotatable bonds is 3. The van der Waals surface area contributed by atoms with Crippen molar-refractivity contribution in [3.63, 3.8) is 0 Å². The molecule has 0 saturated carbocycles. The Morgan fingerprint density at radius 1 is 1.29 bits per heavy atom. The summed E-state index contributed by atoms with van der Waals surface area (Å²) in [4.78, 5) is 13.7. The second-order valence-corrected chi connectivity index (χ2v) is 4.16. The lowest BCUT2D eigenvalue weighted by molar-refractivity contribution is 0.0691. The van der Waals surface area contributed by atoms with Gasteiger partial charge in [0.2, 0.25) is 0 Å². The maximum atomic E-state index is 10.9. The molecule has 0 amide bonds. The number of aromatic carboxylic acids is 1. The van der Waals surface area contributed by atoms with Crippen LogP contribution in [0.15, 0.2) is 16.6 Å². The fourth-order valence-electron chi connectivity index (χ4n) is 1.63. The highest BCUT2D eigenvalue weighted by atomic mass is 79.9.